The number of carbonyl (C=O) groups is 1. The van der Waals surface area contributed by atoms with E-state index in [9.17, 15) is 4.79 Å². The second-order valence-electron chi connectivity index (χ2n) is 8.60. The third kappa shape index (κ3) is 4.00. The number of hydrogen-bond acceptors (Lipinski definition) is 3. The summed E-state index contributed by atoms with van der Waals surface area (Å²) in [6.45, 7) is 7.87. The molecule has 0 unspecified atom stereocenters. The Kier molecular flexibility index (Phi) is 6.02. The Morgan fingerprint density at radius 3 is 2.53 bits per heavy atom. The normalized spacial score (nSPS) is 18.2. The summed E-state index contributed by atoms with van der Waals surface area (Å²) in [6, 6.07) is 16.1. The van der Waals surface area contributed by atoms with Crippen LogP contribution in [0.5, 0.6) is 0 Å². The fraction of sp³-hybridized carbons (Fsp3) is 0.320. The molecule has 2 atom stereocenters. The molecular weight excluding hydrogens is 418 g/mol. The molecule has 1 fully saturated rings. The van der Waals surface area contributed by atoms with Gasteiger partial charge in [0.15, 0.2) is 5.11 Å². The van der Waals surface area contributed by atoms with E-state index in [-0.39, 0.29) is 23.9 Å². The summed E-state index contributed by atoms with van der Waals surface area (Å²) in [7, 11) is 2.08. The van der Waals surface area contributed by atoms with Gasteiger partial charge >= 0.3 is 0 Å². The maximum atomic E-state index is 12.2. The van der Waals surface area contributed by atoms with Crippen molar-refractivity contribution in [3.63, 3.8) is 0 Å². The van der Waals surface area contributed by atoms with Gasteiger partial charge in [-0.2, -0.15) is 0 Å². The SMILES string of the molecule is Cc1cc(N2C(=S)N[C@H](c3ccccn3)[C@@H]2c2ccc(C)n2C)ccc1NC(=O)C(C)C. The van der Waals surface area contributed by atoms with Gasteiger partial charge in [-0.25, -0.2) is 0 Å². The van der Waals surface area contributed by atoms with Crippen molar-refractivity contribution in [2.45, 2.75) is 39.8 Å². The van der Waals surface area contributed by atoms with Crippen molar-refractivity contribution in [1.29, 1.82) is 0 Å². The van der Waals surface area contributed by atoms with Crippen LogP contribution in [-0.2, 0) is 11.8 Å². The molecule has 0 aliphatic carbocycles. The highest BCUT2D eigenvalue weighted by Crippen LogP contribution is 2.42. The quantitative estimate of drug-likeness (QED) is 0.550. The van der Waals surface area contributed by atoms with E-state index in [0.29, 0.717) is 5.11 Å². The van der Waals surface area contributed by atoms with Crippen LogP contribution in [0.2, 0.25) is 0 Å². The fourth-order valence-electron chi connectivity index (χ4n) is 4.08. The molecule has 4 rings (SSSR count). The zero-order valence-corrected chi connectivity index (χ0v) is 19.9. The maximum absolute atomic E-state index is 12.2. The molecule has 2 N–H and O–H groups in total. The zero-order chi connectivity index (χ0) is 23.0. The van der Waals surface area contributed by atoms with E-state index in [1.165, 1.54) is 5.69 Å². The van der Waals surface area contributed by atoms with Gasteiger partial charge in [0.05, 0.1) is 11.7 Å². The highest BCUT2D eigenvalue weighted by Gasteiger charge is 2.42. The number of nitrogens with zero attached hydrogens (tertiary/aromatic N) is 3. The van der Waals surface area contributed by atoms with Crippen LogP contribution in [0.3, 0.4) is 0 Å². The number of carbonyl (C=O) groups excluding carboxylic acids is 1. The number of nitrogens with one attached hydrogen (secondary N) is 2. The third-order valence-electron chi connectivity index (χ3n) is 6.08. The Balaban J connectivity index is 1.76. The first-order valence-electron chi connectivity index (χ1n) is 10.8. The number of anilines is 2. The zero-order valence-electron chi connectivity index (χ0n) is 19.1. The van der Waals surface area contributed by atoms with Crippen molar-refractivity contribution in [1.82, 2.24) is 14.9 Å². The number of thiocarbonyl (C=S) groups is 1. The van der Waals surface area contributed by atoms with Gasteiger partial charge in [-0.3, -0.25) is 9.78 Å². The molecular formula is C25H29N5OS. The largest absolute Gasteiger partial charge is 0.351 e. The van der Waals surface area contributed by atoms with Crippen LogP contribution < -0.4 is 15.5 Å². The molecule has 3 heterocycles. The minimum atomic E-state index is -0.0858. The second-order valence-corrected chi connectivity index (χ2v) is 8.99. The van der Waals surface area contributed by atoms with Gasteiger partial charge in [-0.1, -0.05) is 19.9 Å². The lowest BCUT2D eigenvalue weighted by molar-refractivity contribution is -0.118. The van der Waals surface area contributed by atoms with Crippen LogP contribution in [0.15, 0.2) is 54.7 Å². The smallest absolute Gasteiger partial charge is 0.226 e. The fourth-order valence-corrected chi connectivity index (χ4v) is 4.42. The highest BCUT2D eigenvalue weighted by molar-refractivity contribution is 7.80. The third-order valence-corrected chi connectivity index (χ3v) is 6.40. The monoisotopic (exact) mass is 447 g/mol. The number of amides is 1. The lowest BCUT2D eigenvalue weighted by Gasteiger charge is -2.29. The topological polar surface area (TPSA) is 62.2 Å². The highest BCUT2D eigenvalue weighted by atomic mass is 32.1. The first-order chi connectivity index (χ1) is 15.3. The molecule has 1 aliphatic heterocycles. The van der Waals surface area contributed by atoms with Crippen LogP contribution >= 0.6 is 12.2 Å². The van der Waals surface area contributed by atoms with Crippen molar-refractivity contribution in [3.05, 3.63) is 77.4 Å². The summed E-state index contributed by atoms with van der Waals surface area (Å²) in [4.78, 5) is 18.9. The molecule has 1 aliphatic rings. The van der Waals surface area contributed by atoms with E-state index in [1.54, 1.807) is 0 Å². The Hall–Kier alpha value is -3.19. The van der Waals surface area contributed by atoms with Crippen molar-refractivity contribution >= 4 is 34.6 Å². The lowest BCUT2D eigenvalue weighted by Crippen LogP contribution is -2.30. The molecule has 2 aromatic heterocycles. The lowest BCUT2D eigenvalue weighted by atomic mass is 10.0. The Labute approximate surface area is 194 Å². The number of hydrogen-bond donors (Lipinski definition) is 2. The minimum Gasteiger partial charge on any atom is -0.351 e. The van der Waals surface area contributed by atoms with E-state index >= 15 is 0 Å². The van der Waals surface area contributed by atoms with Crippen LogP contribution in [0.1, 0.15) is 48.6 Å². The standard InChI is InChI=1S/C25H29N5OS/c1-15(2)24(31)27-19-11-10-18(14-16(19)3)30-23(21-12-9-17(4)29(21)5)22(28-25(30)32)20-8-6-7-13-26-20/h6-15,22-23H,1-5H3,(H,27,31)(H,28,32)/t22-,23+/m1/s1. The van der Waals surface area contributed by atoms with Gasteiger partial charge in [0.1, 0.15) is 6.04 Å². The summed E-state index contributed by atoms with van der Waals surface area (Å²) >= 11 is 5.81. The van der Waals surface area contributed by atoms with Gasteiger partial charge in [0.25, 0.3) is 0 Å². The first-order valence-corrected chi connectivity index (χ1v) is 11.2. The van der Waals surface area contributed by atoms with E-state index in [0.717, 1.165) is 28.3 Å². The van der Waals surface area contributed by atoms with Crippen LogP contribution in [-0.4, -0.2) is 20.6 Å². The number of rotatable bonds is 5. The Morgan fingerprint density at radius 1 is 1.16 bits per heavy atom. The number of aryl methyl sites for hydroxylation is 2. The van der Waals surface area contributed by atoms with Crippen molar-refractivity contribution in [2.75, 3.05) is 10.2 Å². The molecule has 1 saturated heterocycles. The molecule has 3 aromatic rings. The van der Waals surface area contributed by atoms with E-state index in [4.69, 9.17) is 12.2 Å². The minimum absolute atomic E-state index is 0.00610. The molecule has 0 saturated carbocycles. The van der Waals surface area contributed by atoms with Crippen LogP contribution in [0.4, 0.5) is 11.4 Å². The molecule has 0 radical (unpaired) electrons. The summed E-state index contributed by atoms with van der Waals surface area (Å²) in [6.07, 6.45) is 1.81. The molecule has 166 valence electrons. The molecule has 7 heteroatoms. The Morgan fingerprint density at radius 2 is 1.94 bits per heavy atom. The van der Waals surface area contributed by atoms with Crippen LogP contribution in [0, 0.1) is 19.8 Å². The van der Waals surface area contributed by atoms with Crippen molar-refractivity contribution in [3.8, 4) is 0 Å². The molecule has 0 spiro atoms. The van der Waals surface area contributed by atoms with Gasteiger partial charge in [0.2, 0.25) is 5.91 Å². The van der Waals surface area contributed by atoms with Crippen molar-refractivity contribution < 1.29 is 4.79 Å². The Bertz CT molecular complexity index is 1150. The molecule has 0 bridgehead atoms. The molecule has 32 heavy (non-hydrogen) atoms. The van der Waals surface area contributed by atoms with E-state index < -0.39 is 0 Å². The molecule has 6 nitrogen and oxygen atoms in total. The summed E-state index contributed by atoms with van der Waals surface area (Å²) in [5, 5.41) is 7.16. The second kappa shape index (κ2) is 8.74. The van der Waals surface area contributed by atoms with Gasteiger partial charge < -0.3 is 20.1 Å². The molecule has 1 aromatic carbocycles. The summed E-state index contributed by atoms with van der Waals surface area (Å²) < 4.78 is 2.20. The maximum Gasteiger partial charge on any atom is 0.226 e. The first kappa shape index (κ1) is 22.0. The predicted molar refractivity (Wildman–Crippen MR) is 133 cm³/mol. The van der Waals surface area contributed by atoms with Gasteiger partial charge in [0, 0.05) is 41.9 Å². The average Bonchev–Trinajstić information content (AvgIpc) is 3.28. The number of pyridine rings is 1. The summed E-state index contributed by atoms with van der Waals surface area (Å²) in [5.41, 5.74) is 6.06. The van der Waals surface area contributed by atoms with E-state index in [1.807, 2.05) is 57.3 Å². The molecule has 1 amide bonds. The van der Waals surface area contributed by atoms with Gasteiger partial charge in [-0.05, 0) is 74.1 Å². The number of aromatic nitrogens is 2. The van der Waals surface area contributed by atoms with Crippen LogP contribution in [0.25, 0.3) is 0 Å². The van der Waals surface area contributed by atoms with Crippen molar-refractivity contribution in [2.24, 2.45) is 13.0 Å². The van der Waals surface area contributed by atoms with E-state index in [2.05, 4.69) is 57.3 Å². The average molecular weight is 448 g/mol. The van der Waals surface area contributed by atoms with Gasteiger partial charge in [-0.15, -0.1) is 0 Å². The predicted octanol–water partition coefficient (Wildman–Crippen LogP) is 4.81. The number of benzene rings is 1. The summed E-state index contributed by atoms with van der Waals surface area (Å²) in [5.74, 6) is -0.0693.